The normalized spacial score (nSPS) is 14.0. The van der Waals surface area contributed by atoms with Gasteiger partial charge in [0.1, 0.15) is 0 Å². The second-order valence-corrected chi connectivity index (χ2v) is 5.73. The van der Waals surface area contributed by atoms with Crippen molar-refractivity contribution in [2.45, 2.75) is 33.3 Å². The van der Waals surface area contributed by atoms with E-state index in [0.29, 0.717) is 22.0 Å². The first-order valence-corrected chi connectivity index (χ1v) is 5.69. The Morgan fingerprint density at radius 1 is 1.20 bits per heavy atom. The second-order valence-electron chi connectivity index (χ2n) is 4.92. The molecule has 0 aromatic heterocycles. The lowest BCUT2D eigenvalue weighted by atomic mass is 9.87. The number of aliphatic hydroxyl groups is 1. The van der Waals surface area contributed by atoms with Crippen LogP contribution < -0.4 is 0 Å². The van der Waals surface area contributed by atoms with E-state index in [1.165, 1.54) is 0 Å². The molecule has 0 spiro atoms. The van der Waals surface area contributed by atoms with E-state index >= 15 is 0 Å². The molecule has 1 atom stereocenters. The Bertz CT molecular complexity index is 322. The van der Waals surface area contributed by atoms with Gasteiger partial charge in [0, 0.05) is 15.6 Å². The van der Waals surface area contributed by atoms with Gasteiger partial charge >= 0.3 is 0 Å². The highest BCUT2D eigenvalue weighted by Crippen LogP contribution is 2.36. The molecule has 0 aliphatic heterocycles. The molecule has 1 nitrogen and oxygen atoms in total. The zero-order chi connectivity index (χ0) is 11.6. The smallest absolute Gasteiger partial charge is 0.0824 e. The van der Waals surface area contributed by atoms with Crippen molar-refractivity contribution in [2.75, 3.05) is 0 Å². The van der Waals surface area contributed by atoms with Crippen LogP contribution in [-0.2, 0) is 0 Å². The molecule has 15 heavy (non-hydrogen) atoms. The predicted molar refractivity (Wildman–Crippen MR) is 65.5 cm³/mol. The van der Waals surface area contributed by atoms with Gasteiger partial charge in [0.15, 0.2) is 0 Å². The highest BCUT2D eigenvalue weighted by molar-refractivity contribution is 6.36. The SMILES string of the molecule is CC(C)(C)CC(O)c1c(Cl)cccc1Cl. The lowest BCUT2D eigenvalue weighted by molar-refractivity contribution is 0.122. The summed E-state index contributed by atoms with van der Waals surface area (Å²) < 4.78 is 0. The molecule has 1 rings (SSSR count). The lowest BCUT2D eigenvalue weighted by Crippen LogP contribution is -2.12. The van der Waals surface area contributed by atoms with Crippen molar-refractivity contribution in [3.63, 3.8) is 0 Å². The van der Waals surface area contributed by atoms with Gasteiger partial charge in [-0.25, -0.2) is 0 Å². The van der Waals surface area contributed by atoms with Crippen LogP contribution in [0.15, 0.2) is 18.2 Å². The number of hydrogen-bond acceptors (Lipinski definition) is 1. The van der Waals surface area contributed by atoms with Crippen molar-refractivity contribution in [1.82, 2.24) is 0 Å². The van der Waals surface area contributed by atoms with Crippen LogP contribution in [-0.4, -0.2) is 5.11 Å². The van der Waals surface area contributed by atoms with E-state index in [1.807, 2.05) is 0 Å². The number of benzene rings is 1. The maximum absolute atomic E-state index is 10.0. The summed E-state index contributed by atoms with van der Waals surface area (Å²) in [5.74, 6) is 0. The van der Waals surface area contributed by atoms with Crippen molar-refractivity contribution in [3.05, 3.63) is 33.8 Å². The number of halogens is 2. The Morgan fingerprint density at radius 2 is 1.67 bits per heavy atom. The first kappa shape index (κ1) is 12.8. The molecule has 0 bridgehead atoms. The molecule has 0 heterocycles. The molecule has 0 aliphatic carbocycles. The van der Waals surface area contributed by atoms with Gasteiger partial charge in [0.05, 0.1) is 6.10 Å². The van der Waals surface area contributed by atoms with Crippen molar-refractivity contribution in [3.8, 4) is 0 Å². The lowest BCUT2D eigenvalue weighted by Gasteiger charge is -2.23. The molecule has 3 heteroatoms. The average molecular weight is 247 g/mol. The van der Waals surface area contributed by atoms with E-state index in [0.717, 1.165) is 0 Å². The minimum Gasteiger partial charge on any atom is -0.388 e. The fourth-order valence-corrected chi connectivity index (χ4v) is 2.16. The Hall–Kier alpha value is -0.240. The van der Waals surface area contributed by atoms with E-state index < -0.39 is 6.10 Å². The van der Waals surface area contributed by atoms with Crippen molar-refractivity contribution in [2.24, 2.45) is 5.41 Å². The Balaban J connectivity index is 2.96. The summed E-state index contributed by atoms with van der Waals surface area (Å²) in [5.41, 5.74) is 0.679. The minimum atomic E-state index is -0.605. The van der Waals surface area contributed by atoms with Gasteiger partial charge in [-0.15, -0.1) is 0 Å². The molecule has 1 unspecified atom stereocenters. The predicted octanol–water partition coefficient (Wildman–Crippen LogP) is 4.46. The van der Waals surface area contributed by atoms with E-state index in [9.17, 15) is 5.11 Å². The third-order valence-corrected chi connectivity index (χ3v) is 2.80. The van der Waals surface area contributed by atoms with Gasteiger partial charge in [-0.2, -0.15) is 0 Å². The average Bonchev–Trinajstić information content (AvgIpc) is 1.99. The van der Waals surface area contributed by atoms with Crippen LogP contribution in [0.4, 0.5) is 0 Å². The van der Waals surface area contributed by atoms with E-state index in [-0.39, 0.29) is 5.41 Å². The Labute approximate surface area is 101 Å². The first-order valence-electron chi connectivity index (χ1n) is 4.93. The molecule has 0 saturated carbocycles. The highest BCUT2D eigenvalue weighted by atomic mass is 35.5. The molecule has 0 amide bonds. The first-order chi connectivity index (χ1) is 6.81. The van der Waals surface area contributed by atoms with Gasteiger partial charge in [0.25, 0.3) is 0 Å². The van der Waals surface area contributed by atoms with Crippen LogP contribution in [0.5, 0.6) is 0 Å². The zero-order valence-electron chi connectivity index (χ0n) is 9.22. The molecule has 1 aromatic carbocycles. The van der Waals surface area contributed by atoms with E-state index in [4.69, 9.17) is 23.2 Å². The van der Waals surface area contributed by atoms with Gasteiger partial charge in [-0.05, 0) is 24.0 Å². The van der Waals surface area contributed by atoms with Crippen LogP contribution in [0.2, 0.25) is 10.0 Å². The monoisotopic (exact) mass is 246 g/mol. The molecular formula is C12H16Cl2O. The van der Waals surface area contributed by atoms with Crippen LogP contribution in [0, 0.1) is 5.41 Å². The Morgan fingerprint density at radius 3 is 2.07 bits per heavy atom. The number of aliphatic hydroxyl groups excluding tert-OH is 1. The maximum Gasteiger partial charge on any atom is 0.0824 e. The summed E-state index contributed by atoms with van der Waals surface area (Å²) >= 11 is 12.0. The molecule has 0 fully saturated rings. The summed E-state index contributed by atoms with van der Waals surface area (Å²) in [6.45, 7) is 6.21. The van der Waals surface area contributed by atoms with Crippen LogP contribution in [0.25, 0.3) is 0 Å². The van der Waals surface area contributed by atoms with Gasteiger partial charge in [-0.1, -0.05) is 50.0 Å². The Kier molecular flexibility index (Phi) is 4.05. The highest BCUT2D eigenvalue weighted by Gasteiger charge is 2.21. The molecular weight excluding hydrogens is 231 g/mol. The minimum absolute atomic E-state index is 0.0436. The molecule has 1 aromatic rings. The third kappa shape index (κ3) is 3.67. The molecule has 0 saturated heterocycles. The van der Waals surface area contributed by atoms with Crippen molar-refractivity contribution >= 4 is 23.2 Å². The number of rotatable bonds is 2. The standard InChI is InChI=1S/C12H16Cl2O/c1-12(2,3)7-10(15)11-8(13)5-4-6-9(11)14/h4-6,10,15H,7H2,1-3H3. The van der Waals surface area contributed by atoms with Gasteiger partial charge < -0.3 is 5.11 Å². The topological polar surface area (TPSA) is 20.2 Å². The van der Waals surface area contributed by atoms with Gasteiger partial charge in [-0.3, -0.25) is 0 Å². The van der Waals surface area contributed by atoms with Crippen LogP contribution in [0.1, 0.15) is 38.9 Å². The summed E-state index contributed by atoms with van der Waals surface area (Å²) in [6.07, 6.45) is 0.0300. The quantitative estimate of drug-likeness (QED) is 0.817. The zero-order valence-corrected chi connectivity index (χ0v) is 10.7. The van der Waals surface area contributed by atoms with Crippen LogP contribution >= 0.6 is 23.2 Å². The second kappa shape index (κ2) is 4.73. The van der Waals surface area contributed by atoms with Crippen LogP contribution in [0.3, 0.4) is 0 Å². The summed E-state index contributed by atoms with van der Waals surface area (Å²) in [6, 6.07) is 5.27. The summed E-state index contributed by atoms with van der Waals surface area (Å²) in [7, 11) is 0. The molecule has 0 radical (unpaired) electrons. The third-order valence-electron chi connectivity index (χ3n) is 2.14. The molecule has 1 N–H and O–H groups in total. The van der Waals surface area contributed by atoms with Gasteiger partial charge in [0.2, 0.25) is 0 Å². The largest absolute Gasteiger partial charge is 0.388 e. The summed E-state index contributed by atoms with van der Waals surface area (Å²) in [4.78, 5) is 0. The van der Waals surface area contributed by atoms with Crippen molar-refractivity contribution < 1.29 is 5.11 Å². The van der Waals surface area contributed by atoms with Crippen molar-refractivity contribution in [1.29, 1.82) is 0 Å². The summed E-state index contributed by atoms with van der Waals surface area (Å²) in [5, 5.41) is 11.1. The molecule has 84 valence electrons. The maximum atomic E-state index is 10.0. The molecule has 0 aliphatic rings. The number of hydrogen-bond donors (Lipinski definition) is 1. The fourth-order valence-electron chi connectivity index (χ4n) is 1.51. The fraction of sp³-hybridized carbons (Fsp3) is 0.500. The van der Waals surface area contributed by atoms with E-state index in [2.05, 4.69) is 20.8 Å². The van der Waals surface area contributed by atoms with E-state index in [1.54, 1.807) is 18.2 Å².